The van der Waals surface area contributed by atoms with Gasteiger partial charge < -0.3 is 39.4 Å². The van der Waals surface area contributed by atoms with E-state index in [1.807, 2.05) is 0 Å². The first-order valence-electron chi connectivity index (χ1n) is 7.66. The zero-order valence-corrected chi connectivity index (χ0v) is 14.0. The maximum absolute atomic E-state index is 11.5. The molecule has 0 unspecified atom stereocenters. The van der Waals surface area contributed by atoms with Crippen LogP contribution in [-0.2, 0) is 31.8 Å². The van der Waals surface area contributed by atoms with Crippen LogP contribution < -0.4 is 0 Å². The van der Waals surface area contributed by atoms with Gasteiger partial charge in [-0.3, -0.25) is 0 Å². The summed E-state index contributed by atoms with van der Waals surface area (Å²) in [5, 5.41) is 35.8. The van der Waals surface area contributed by atoms with Gasteiger partial charge in [0.05, 0.1) is 24.3 Å². The first-order chi connectivity index (χ1) is 12.5. The summed E-state index contributed by atoms with van der Waals surface area (Å²) in [4.78, 5) is 23.1. The Labute approximate surface area is 149 Å². The van der Waals surface area contributed by atoms with Crippen LogP contribution in [0.25, 0.3) is 0 Å². The zero-order chi connectivity index (χ0) is 19.4. The smallest absolute Gasteiger partial charge is 0.335 e. The van der Waals surface area contributed by atoms with Gasteiger partial charge in [0.15, 0.2) is 0 Å². The summed E-state index contributed by atoms with van der Waals surface area (Å²) in [7, 11) is 0. The highest BCUT2D eigenvalue weighted by atomic mass is 16.7. The molecule has 0 heterocycles. The highest BCUT2D eigenvalue weighted by molar-refractivity contribution is 5.97. The van der Waals surface area contributed by atoms with E-state index in [4.69, 9.17) is 19.7 Å². The zero-order valence-electron chi connectivity index (χ0n) is 14.0. The molecule has 10 nitrogen and oxygen atoms in total. The third-order valence-corrected chi connectivity index (χ3v) is 3.32. The topological polar surface area (TPSA) is 152 Å². The summed E-state index contributed by atoms with van der Waals surface area (Å²) >= 11 is 0. The molecule has 0 amide bonds. The first-order valence-corrected chi connectivity index (χ1v) is 7.66. The molecule has 0 aliphatic carbocycles. The van der Waals surface area contributed by atoms with Gasteiger partial charge in [-0.05, 0) is 36.1 Å². The number of aliphatic hydroxyl groups excluding tert-OH is 2. The van der Waals surface area contributed by atoms with Crippen LogP contribution in [0.2, 0.25) is 0 Å². The van der Waals surface area contributed by atoms with Crippen molar-refractivity contribution < 1.29 is 49.0 Å². The molecule has 0 saturated heterocycles. The standard InChI is InChI=1S/C16H22O10/c17-7-25-9-23-3-1-11-5-13(15(19)20)12(14(6-11)16(21)22)2-4-24-10-26-8-18/h5-6,17-18H,1-4,7-10H2,(H,19,20)(H,21,22). The Kier molecular flexibility index (Phi) is 10.4. The minimum Gasteiger partial charge on any atom is -0.478 e. The summed E-state index contributed by atoms with van der Waals surface area (Å²) < 4.78 is 19.3. The van der Waals surface area contributed by atoms with Gasteiger partial charge in [0, 0.05) is 0 Å². The van der Waals surface area contributed by atoms with Gasteiger partial charge in [-0.2, -0.15) is 0 Å². The molecule has 26 heavy (non-hydrogen) atoms. The van der Waals surface area contributed by atoms with Crippen LogP contribution >= 0.6 is 0 Å². The van der Waals surface area contributed by atoms with Gasteiger partial charge in [-0.25, -0.2) is 9.59 Å². The molecule has 0 aliphatic rings. The number of benzene rings is 1. The summed E-state index contributed by atoms with van der Waals surface area (Å²) in [6.07, 6.45) is 0.329. The van der Waals surface area contributed by atoms with Crippen molar-refractivity contribution in [2.75, 3.05) is 40.4 Å². The number of carboxylic acids is 2. The molecule has 1 aromatic rings. The quantitative estimate of drug-likeness (QED) is 0.259. The molecule has 4 N–H and O–H groups in total. The molecule has 10 heteroatoms. The summed E-state index contributed by atoms with van der Waals surface area (Å²) in [5.41, 5.74) is 0.371. The molecule has 1 rings (SSSR count). The second-order valence-electron chi connectivity index (χ2n) is 5.00. The molecule has 0 bridgehead atoms. The number of carbonyl (C=O) groups is 2. The number of ether oxygens (including phenoxy) is 4. The molecule has 1 aromatic carbocycles. The van der Waals surface area contributed by atoms with Crippen molar-refractivity contribution in [3.8, 4) is 0 Å². The maximum atomic E-state index is 11.5. The van der Waals surface area contributed by atoms with Crippen LogP contribution in [0.1, 0.15) is 31.8 Å². The van der Waals surface area contributed by atoms with Gasteiger partial charge in [0.2, 0.25) is 0 Å². The van der Waals surface area contributed by atoms with E-state index < -0.39 is 25.5 Å². The van der Waals surface area contributed by atoms with Crippen LogP contribution in [0.5, 0.6) is 0 Å². The number of aliphatic hydroxyl groups is 2. The van der Waals surface area contributed by atoms with Crippen molar-refractivity contribution in [3.05, 3.63) is 34.4 Å². The molecule has 0 aliphatic heterocycles. The van der Waals surface area contributed by atoms with E-state index in [1.54, 1.807) is 0 Å². The Bertz CT molecular complexity index is 551. The molecule has 0 atom stereocenters. The van der Waals surface area contributed by atoms with E-state index in [1.165, 1.54) is 12.1 Å². The summed E-state index contributed by atoms with van der Waals surface area (Å²) in [5.74, 6) is -2.50. The third kappa shape index (κ3) is 7.44. The minimum absolute atomic E-state index is 0.0293. The summed E-state index contributed by atoms with van der Waals surface area (Å²) in [6, 6.07) is 2.79. The van der Waals surface area contributed by atoms with E-state index in [2.05, 4.69) is 9.47 Å². The highest BCUT2D eigenvalue weighted by Gasteiger charge is 2.20. The van der Waals surface area contributed by atoms with Crippen molar-refractivity contribution in [2.45, 2.75) is 12.8 Å². The molecule has 0 saturated carbocycles. The Hall–Kier alpha value is -2.08. The van der Waals surface area contributed by atoms with Crippen LogP contribution in [0, 0.1) is 0 Å². The average molecular weight is 374 g/mol. The Morgan fingerprint density at radius 1 is 0.769 bits per heavy atom. The summed E-state index contributed by atoms with van der Waals surface area (Å²) in [6.45, 7) is -1.11. The van der Waals surface area contributed by atoms with E-state index in [0.717, 1.165) is 0 Å². The number of aromatic carboxylic acids is 2. The van der Waals surface area contributed by atoms with Crippen molar-refractivity contribution >= 4 is 11.9 Å². The van der Waals surface area contributed by atoms with Gasteiger partial charge in [-0.15, -0.1) is 0 Å². The van der Waals surface area contributed by atoms with E-state index in [9.17, 15) is 19.8 Å². The number of rotatable bonds is 14. The van der Waals surface area contributed by atoms with E-state index in [0.29, 0.717) is 5.56 Å². The predicted octanol–water partition coefficient (Wildman–Crippen LogP) is 0.0490. The lowest BCUT2D eigenvalue weighted by Crippen LogP contribution is -2.15. The van der Waals surface area contributed by atoms with Crippen LogP contribution in [0.15, 0.2) is 12.1 Å². The first kappa shape index (κ1) is 22.0. The molecular formula is C16H22O10. The second kappa shape index (κ2) is 12.3. The minimum atomic E-state index is -1.25. The SMILES string of the molecule is O=C(O)c1cc(CCOCOCO)cc(C(=O)O)c1CCOCOCO. The lowest BCUT2D eigenvalue weighted by Gasteiger charge is -2.13. The van der Waals surface area contributed by atoms with Crippen molar-refractivity contribution in [1.82, 2.24) is 0 Å². The van der Waals surface area contributed by atoms with E-state index in [-0.39, 0.29) is 56.3 Å². The van der Waals surface area contributed by atoms with Gasteiger partial charge in [0.1, 0.15) is 27.2 Å². The lowest BCUT2D eigenvalue weighted by atomic mass is 9.94. The Morgan fingerprint density at radius 3 is 1.65 bits per heavy atom. The molecule has 0 radical (unpaired) electrons. The lowest BCUT2D eigenvalue weighted by molar-refractivity contribution is -0.107. The van der Waals surface area contributed by atoms with Gasteiger partial charge in [0.25, 0.3) is 0 Å². The maximum Gasteiger partial charge on any atom is 0.335 e. The van der Waals surface area contributed by atoms with E-state index >= 15 is 0 Å². The normalized spacial score (nSPS) is 10.8. The van der Waals surface area contributed by atoms with Crippen LogP contribution in [0.4, 0.5) is 0 Å². The Balaban J connectivity index is 2.89. The van der Waals surface area contributed by atoms with Gasteiger partial charge in [-0.1, -0.05) is 0 Å². The molecule has 0 fully saturated rings. The van der Waals surface area contributed by atoms with Crippen molar-refractivity contribution in [2.24, 2.45) is 0 Å². The third-order valence-electron chi connectivity index (χ3n) is 3.32. The van der Waals surface area contributed by atoms with Crippen molar-refractivity contribution in [3.63, 3.8) is 0 Å². The van der Waals surface area contributed by atoms with Crippen LogP contribution in [-0.4, -0.2) is 72.8 Å². The number of carboxylic acid groups (broad SMARTS) is 2. The van der Waals surface area contributed by atoms with Crippen LogP contribution in [0.3, 0.4) is 0 Å². The number of hydrogen-bond acceptors (Lipinski definition) is 8. The monoisotopic (exact) mass is 374 g/mol. The molecule has 0 aromatic heterocycles. The fourth-order valence-corrected chi connectivity index (χ4v) is 2.20. The number of hydrogen-bond donors (Lipinski definition) is 4. The fourth-order valence-electron chi connectivity index (χ4n) is 2.20. The average Bonchev–Trinajstić information content (AvgIpc) is 2.61. The largest absolute Gasteiger partial charge is 0.478 e. The molecular weight excluding hydrogens is 352 g/mol. The molecule has 0 spiro atoms. The fraction of sp³-hybridized carbons (Fsp3) is 0.500. The predicted molar refractivity (Wildman–Crippen MR) is 85.7 cm³/mol. The van der Waals surface area contributed by atoms with Gasteiger partial charge >= 0.3 is 11.9 Å². The van der Waals surface area contributed by atoms with Crippen molar-refractivity contribution in [1.29, 1.82) is 0 Å². The molecule has 146 valence electrons. The highest BCUT2D eigenvalue weighted by Crippen LogP contribution is 2.20. The second-order valence-corrected chi connectivity index (χ2v) is 5.00. The Morgan fingerprint density at radius 2 is 1.23 bits per heavy atom.